The van der Waals surface area contributed by atoms with E-state index in [4.69, 9.17) is 0 Å². The average Bonchev–Trinajstić information content (AvgIpc) is 2.49. The van der Waals surface area contributed by atoms with E-state index in [2.05, 4.69) is 43.9 Å². The molecule has 0 spiro atoms. The number of ketones is 1. The number of benzene rings is 1. The van der Waals surface area contributed by atoms with Gasteiger partial charge in [-0.1, -0.05) is 38.0 Å². The van der Waals surface area contributed by atoms with Gasteiger partial charge in [-0.2, -0.15) is 0 Å². The Bertz CT molecular complexity index is 454. The molecule has 1 aliphatic heterocycles. The van der Waals surface area contributed by atoms with Gasteiger partial charge in [0.25, 0.3) is 0 Å². The van der Waals surface area contributed by atoms with Gasteiger partial charge < -0.3 is 0 Å². The van der Waals surface area contributed by atoms with Crippen molar-refractivity contribution in [3.8, 4) is 0 Å². The van der Waals surface area contributed by atoms with Gasteiger partial charge in [0.2, 0.25) is 0 Å². The fourth-order valence-corrected chi connectivity index (χ4v) is 3.47. The quantitative estimate of drug-likeness (QED) is 0.786. The van der Waals surface area contributed by atoms with E-state index in [1.807, 2.05) is 0 Å². The Morgan fingerprint density at radius 1 is 1.14 bits per heavy atom. The second kappa shape index (κ2) is 7.74. The van der Waals surface area contributed by atoms with E-state index in [-0.39, 0.29) is 6.04 Å². The number of hydrogen-bond acceptors (Lipinski definition) is 2. The van der Waals surface area contributed by atoms with Crippen LogP contribution in [0.2, 0.25) is 0 Å². The minimum Gasteiger partial charge on any atom is -0.298 e. The number of piperidine rings is 1. The maximum Gasteiger partial charge on any atom is 0.154 e. The zero-order valence-corrected chi connectivity index (χ0v) is 13.8. The van der Waals surface area contributed by atoms with Crippen LogP contribution in [0, 0.1) is 13.8 Å². The number of hydrogen-bond donors (Lipinski definition) is 0. The van der Waals surface area contributed by atoms with Gasteiger partial charge in [-0.3, -0.25) is 9.69 Å². The van der Waals surface area contributed by atoms with Crippen LogP contribution in [0.25, 0.3) is 0 Å². The Hall–Kier alpha value is -1.15. The average molecular weight is 287 g/mol. The number of aryl methyl sites for hydroxylation is 2. The second-order valence-electron chi connectivity index (χ2n) is 6.41. The highest BCUT2D eigenvalue weighted by atomic mass is 16.1. The molecule has 0 aliphatic carbocycles. The van der Waals surface area contributed by atoms with E-state index in [0.717, 1.165) is 25.9 Å². The molecule has 116 valence electrons. The predicted molar refractivity (Wildman–Crippen MR) is 88.7 cm³/mol. The molecule has 1 heterocycles. The molecule has 0 amide bonds. The molecule has 1 fully saturated rings. The van der Waals surface area contributed by atoms with Crippen molar-refractivity contribution in [1.29, 1.82) is 0 Å². The highest BCUT2D eigenvalue weighted by Gasteiger charge is 2.26. The van der Waals surface area contributed by atoms with Crippen LogP contribution in [0.3, 0.4) is 0 Å². The summed E-state index contributed by atoms with van der Waals surface area (Å²) in [6.07, 6.45) is 6.50. The lowest BCUT2D eigenvalue weighted by molar-refractivity contribution is -0.124. The standard InChI is InChI=1S/C19H29NO/c1-4-9-18(20-12-6-5-7-13-20)19(21)14-17-15(2)10-8-11-16(17)3/h8,10-11,18H,4-7,9,12-14H2,1-3H3. The van der Waals surface area contributed by atoms with Crippen molar-refractivity contribution in [3.05, 3.63) is 34.9 Å². The minimum absolute atomic E-state index is 0.134. The first-order valence-corrected chi connectivity index (χ1v) is 8.45. The number of rotatable bonds is 6. The molecule has 0 bridgehead atoms. The van der Waals surface area contributed by atoms with Crippen molar-refractivity contribution < 1.29 is 4.79 Å². The van der Waals surface area contributed by atoms with Crippen LogP contribution in [0.5, 0.6) is 0 Å². The highest BCUT2D eigenvalue weighted by molar-refractivity contribution is 5.86. The van der Waals surface area contributed by atoms with E-state index in [9.17, 15) is 4.79 Å². The Morgan fingerprint density at radius 3 is 2.33 bits per heavy atom. The van der Waals surface area contributed by atoms with Crippen LogP contribution in [-0.4, -0.2) is 29.8 Å². The minimum atomic E-state index is 0.134. The van der Waals surface area contributed by atoms with Gasteiger partial charge in [-0.05, 0) is 62.9 Å². The summed E-state index contributed by atoms with van der Waals surface area (Å²) in [4.78, 5) is 15.3. The Balaban J connectivity index is 2.11. The fraction of sp³-hybridized carbons (Fsp3) is 0.632. The van der Waals surface area contributed by atoms with Gasteiger partial charge in [0.1, 0.15) is 0 Å². The molecular formula is C19H29NO. The van der Waals surface area contributed by atoms with Gasteiger partial charge in [-0.25, -0.2) is 0 Å². The lowest BCUT2D eigenvalue weighted by Crippen LogP contribution is -2.44. The van der Waals surface area contributed by atoms with Crippen LogP contribution < -0.4 is 0 Å². The van der Waals surface area contributed by atoms with Crippen molar-refractivity contribution in [2.45, 2.75) is 65.3 Å². The van der Waals surface area contributed by atoms with Crippen molar-refractivity contribution in [1.82, 2.24) is 4.90 Å². The molecule has 0 N–H and O–H groups in total. The number of Topliss-reactive ketones (excluding diaryl/α,β-unsaturated/α-hetero) is 1. The predicted octanol–water partition coefficient (Wildman–Crippen LogP) is 4.07. The summed E-state index contributed by atoms with van der Waals surface area (Å²) in [7, 11) is 0. The first-order valence-electron chi connectivity index (χ1n) is 8.45. The molecule has 2 rings (SSSR count). The molecule has 1 aromatic rings. The van der Waals surface area contributed by atoms with Crippen LogP contribution in [-0.2, 0) is 11.2 Å². The maximum atomic E-state index is 12.9. The Morgan fingerprint density at radius 2 is 1.76 bits per heavy atom. The smallest absolute Gasteiger partial charge is 0.154 e. The second-order valence-corrected chi connectivity index (χ2v) is 6.41. The maximum absolute atomic E-state index is 12.9. The van der Waals surface area contributed by atoms with Crippen LogP contribution in [0.4, 0.5) is 0 Å². The lowest BCUT2D eigenvalue weighted by Gasteiger charge is -2.33. The van der Waals surface area contributed by atoms with E-state index >= 15 is 0 Å². The first-order chi connectivity index (χ1) is 10.1. The first kappa shape index (κ1) is 16.2. The van der Waals surface area contributed by atoms with Crippen molar-refractivity contribution in [3.63, 3.8) is 0 Å². The molecule has 1 saturated heterocycles. The van der Waals surface area contributed by atoms with Crippen molar-refractivity contribution in [2.75, 3.05) is 13.1 Å². The van der Waals surface area contributed by atoms with E-state index < -0.39 is 0 Å². The van der Waals surface area contributed by atoms with E-state index in [1.54, 1.807) is 0 Å². The third-order valence-electron chi connectivity index (χ3n) is 4.76. The van der Waals surface area contributed by atoms with Crippen molar-refractivity contribution >= 4 is 5.78 Å². The van der Waals surface area contributed by atoms with E-state index in [0.29, 0.717) is 12.2 Å². The summed E-state index contributed by atoms with van der Waals surface area (Å²) in [5.74, 6) is 0.413. The Labute approximate surface area is 129 Å². The number of carbonyl (C=O) groups excluding carboxylic acids is 1. The van der Waals surface area contributed by atoms with Gasteiger partial charge in [0.15, 0.2) is 5.78 Å². The molecule has 0 aromatic heterocycles. The largest absolute Gasteiger partial charge is 0.298 e. The van der Waals surface area contributed by atoms with Gasteiger partial charge >= 0.3 is 0 Å². The van der Waals surface area contributed by atoms with Gasteiger partial charge in [-0.15, -0.1) is 0 Å². The summed E-state index contributed by atoms with van der Waals surface area (Å²) in [6, 6.07) is 6.44. The number of likely N-dealkylation sites (tertiary alicyclic amines) is 1. The van der Waals surface area contributed by atoms with Crippen LogP contribution >= 0.6 is 0 Å². The normalized spacial score (nSPS) is 17.7. The summed E-state index contributed by atoms with van der Waals surface area (Å²) < 4.78 is 0. The molecule has 1 unspecified atom stereocenters. The summed E-state index contributed by atoms with van der Waals surface area (Å²) in [5, 5.41) is 0. The molecule has 0 radical (unpaired) electrons. The third-order valence-corrected chi connectivity index (χ3v) is 4.76. The summed E-state index contributed by atoms with van der Waals surface area (Å²) in [5.41, 5.74) is 3.73. The van der Waals surface area contributed by atoms with E-state index in [1.165, 1.54) is 36.0 Å². The molecule has 0 saturated carbocycles. The molecule has 21 heavy (non-hydrogen) atoms. The number of carbonyl (C=O) groups is 1. The molecular weight excluding hydrogens is 258 g/mol. The molecule has 2 nitrogen and oxygen atoms in total. The van der Waals surface area contributed by atoms with Gasteiger partial charge in [0, 0.05) is 6.42 Å². The zero-order valence-electron chi connectivity index (χ0n) is 13.8. The SMILES string of the molecule is CCCC(C(=O)Cc1c(C)cccc1C)N1CCCCC1. The summed E-state index contributed by atoms with van der Waals surface area (Å²) in [6.45, 7) is 8.62. The van der Waals surface area contributed by atoms with Crippen LogP contribution in [0.1, 0.15) is 55.7 Å². The number of nitrogens with zero attached hydrogens (tertiary/aromatic N) is 1. The topological polar surface area (TPSA) is 20.3 Å². The van der Waals surface area contributed by atoms with Gasteiger partial charge in [0.05, 0.1) is 6.04 Å². The summed E-state index contributed by atoms with van der Waals surface area (Å²) >= 11 is 0. The molecule has 1 aliphatic rings. The Kier molecular flexibility index (Phi) is 5.98. The zero-order chi connectivity index (χ0) is 15.2. The van der Waals surface area contributed by atoms with Crippen molar-refractivity contribution in [2.24, 2.45) is 0 Å². The molecule has 1 atom stereocenters. The molecule has 1 aromatic carbocycles. The van der Waals surface area contributed by atoms with Crippen LogP contribution in [0.15, 0.2) is 18.2 Å². The molecule has 2 heteroatoms. The lowest BCUT2D eigenvalue weighted by atomic mass is 9.93. The third kappa shape index (κ3) is 4.16. The fourth-order valence-electron chi connectivity index (χ4n) is 3.47. The monoisotopic (exact) mass is 287 g/mol. The highest BCUT2D eigenvalue weighted by Crippen LogP contribution is 2.20.